The molecule has 1 aromatic heterocycles. The molecular formula is C22H21N3O3. The molecule has 0 saturated heterocycles. The van der Waals surface area contributed by atoms with Gasteiger partial charge < -0.3 is 15.4 Å². The van der Waals surface area contributed by atoms with Crippen LogP contribution in [0.3, 0.4) is 0 Å². The van der Waals surface area contributed by atoms with Crippen molar-refractivity contribution >= 4 is 29.1 Å². The van der Waals surface area contributed by atoms with Gasteiger partial charge in [-0.1, -0.05) is 17.7 Å². The molecule has 0 bridgehead atoms. The Balaban J connectivity index is 1.61. The number of carbonyl (C=O) groups is 2. The highest BCUT2D eigenvalue weighted by Crippen LogP contribution is 2.18. The first-order valence-electron chi connectivity index (χ1n) is 8.93. The van der Waals surface area contributed by atoms with Gasteiger partial charge in [0.15, 0.2) is 0 Å². The number of benzene rings is 2. The second-order valence-electron chi connectivity index (χ2n) is 6.18. The molecule has 0 aliphatic heterocycles. The van der Waals surface area contributed by atoms with Crippen LogP contribution in [0.1, 0.15) is 33.2 Å². The molecule has 2 aromatic carbocycles. The molecular weight excluding hydrogens is 354 g/mol. The second kappa shape index (κ2) is 8.81. The van der Waals surface area contributed by atoms with Crippen molar-refractivity contribution in [3.8, 4) is 0 Å². The fourth-order valence-electron chi connectivity index (χ4n) is 2.58. The van der Waals surface area contributed by atoms with Crippen molar-refractivity contribution in [3.63, 3.8) is 0 Å². The van der Waals surface area contributed by atoms with Crippen LogP contribution in [-0.4, -0.2) is 23.5 Å². The molecule has 142 valence electrons. The molecule has 6 nitrogen and oxygen atoms in total. The summed E-state index contributed by atoms with van der Waals surface area (Å²) in [5, 5.41) is 5.97. The van der Waals surface area contributed by atoms with Gasteiger partial charge in [-0.15, -0.1) is 0 Å². The van der Waals surface area contributed by atoms with Crippen molar-refractivity contribution in [2.45, 2.75) is 13.8 Å². The minimum Gasteiger partial charge on any atom is -0.462 e. The smallest absolute Gasteiger partial charge is 0.338 e. The van der Waals surface area contributed by atoms with Crippen LogP contribution in [0.2, 0.25) is 0 Å². The van der Waals surface area contributed by atoms with Gasteiger partial charge in [0.2, 0.25) is 0 Å². The van der Waals surface area contributed by atoms with Crippen LogP contribution in [0.5, 0.6) is 0 Å². The Morgan fingerprint density at radius 1 is 0.964 bits per heavy atom. The van der Waals surface area contributed by atoms with Crippen LogP contribution in [0.15, 0.2) is 66.9 Å². The molecule has 3 rings (SSSR count). The Labute approximate surface area is 163 Å². The number of aromatic nitrogens is 1. The van der Waals surface area contributed by atoms with Gasteiger partial charge in [0.1, 0.15) is 5.82 Å². The molecule has 0 spiro atoms. The number of esters is 1. The fourth-order valence-corrected chi connectivity index (χ4v) is 2.58. The topological polar surface area (TPSA) is 80.3 Å². The number of ether oxygens (including phenoxy) is 1. The predicted molar refractivity (Wildman–Crippen MR) is 109 cm³/mol. The number of pyridine rings is 1. The Hall–Kier alpha value is -3.67. The Morgan fingerprint density at radius 2 is 1.71 bits per heavy atom. The number of amides is 1. The minimum atomic E-state index is -0.346. The van der Waals surface area contributed by atoms with Crippen molar-refractivity contribution in [2.75, 3.05) is 17.2 Å². The van der Waals surface area contributed by atoms with E-state index in [2.05, 4.69) is 15.6 Å². The van der Waals surface area contributed by atoms with Gasteiger partial charge >= 0.3 is 5.97 Å². The lowest BCUT2D eigenvalue weighted by molar-refractivity contribution is 0.0526. The van der Waals surface area contributed by atoms with Gasteiger partial charge in [0, 0.05) is 11.3 Å². The third kappa shape index (κ3) is 4.94. The molecule has 28 heavy (non-hydrogen) atoms. The first-order chi connectivity index (χ1) is 13.5. The van der Waals surface area contributed by atoms with E-state index in [0.29, 0.717) is 29.2 Å². The maximum absolute atomic E-state index is 12.3. The van der Waals surface area contributed by atoms with E-state index in [1.54, 1.807) is 55.6 Å². The summed E-state index contributed by atoms with van der Waals surface area (Å²) in [5.74, 6) is 0.0964. The van der Waals surface area contributed by atoms with Crippen molar-refractivity contribution in [3.05, 3.63) is 83.6 Å². The highest BCUT2D eigenvalue weighted by molar-refractivity contribution is 6.04. The first-order valence-corrected chi connectivity index (χ1v) is 8.93. The molecule has 0 saturated carbocycles. The maximum atomic E-state index is 12.3. The molecule has 3 aromatic rings. The Bertz CT molecular complexity index is 967. The largest absolute Gasteiger partial charge is 0.462 e. The minimum absolute atomic E-state index is 0.180. The lowest BCUT2D eigenvalue weighted by Crippen LogP contribution is -2.12. The van der Waals surface area contributed by atoms with Gasteiger partial charge in [0.25, 0.3) is 5.91 Å². The molecule has 1 heterocycles. The summed E-state index contributed by atoms with van der Waals surface area (Å²) in [7, 11) is 0. The third-order valence-electron chi connectivity index (χ3n) is 3.97. The SMILES string of the molecule is CCOC(=O)c1ccc(Nc2ccc(NC(=O)c3cccc(C)c3)cn2)cc1. The average molecular weight is 375 g/mol. The van der Waals surface area contributed by atoms with E-state index in [1.807, 2.05) is 25.1 Å². The summed E-state index contributed by atoms with van der Waals surface area (Å²) in [4.78, 5) is 28.3. The standard InChI is InChI=1S/C22H21N3O3/c1-3-28-22(27)16-7-9-18(10-8-16)24-20-12-11-19(14-23-20)25-21(26)17-6-4-5-15(2)13-17/h4-14H,3H2,1-2H3,(H,23,24)(H,25,26). The second-order valence-corrected chi connectivity index (χ2v) is 6.18. The third-order valence-corrected chi connectivity index (χ3v) is 3.97. The molecule has 0 atom stereocenters. The lowest BCUT2D eigenvalue weighted by atomic mass is 10.1. The van der Waals surface area contributed by atoms with Crippen LogP contribution in [0, 0.1) is 6.92 Å². The van der Waals surface area contributed by atoms with Crippen LogP contribution < -0.4 is 10.6 Å². The summed E-state index contributed by atoms with van der Waals surface area (Å²) in [5.41, 5.74) is 3.52. The zero-order valence-corrected chi connectivity index (χ0v) is 15.7. The number of anilines is 3. The summed E-state index contributed by atoms with van der Waals surface area (Å²) < 4.78 is 4.96. The highest BCUT2D eigenvalue weighted by atomic mass is 16.5. The average Bonchev–Trinajstić information content (AvgIpc) is 2.70. The number of hydrogen-bond acceptors (Lipinski definition) is 5. The number of aryl methyl sites for hydroxylation is 1. The molecule has 0 radical (unpaired) electrons. The van der Waals surface area contributed by atoms with E-state index in [-0.39, 0.29) is 11.9 Å². The van der Waals surface area contributed by atoms with E-state index in [0.717, 1.165) is 11.3 Å². The molecule has 6 heteroatoms. The van der Waals surface area contributed by atoms with E-state index in [1.165, 1.54) is 0 Å². The molecule has 0 aliphatic carbocycles. The molecule has 0 fully saturated rings. The molecule has 0 unspecified atom stereocenters. The summed E-state index contributed by atoms with van der Waals surface area (Å²) in [6.07, 6.45) is 1.59. The van der Waals surface area contributed by atoms with E-state index in [4.69, 9.17) is 4.74 Å². The number of nitrogens with zero attached hydrogens (tertiary/aromatic N) is 1. The van der Waals surface area contributed by atoms with Crippen molar-refractivity contribution in [1.29, 1.82) is 0 Å². The normalized spacial score (nSPS) is 10.2. The van der Waals surface area contributed by atoms with Gasteiger partial charge in [0.05, 0.1) is 24.1 Å². The summed E-state index contributed by atoms with van der Waals surface area (Å²) >= 11 is 0. The van der Waals surface area contributed by atoms with Crippen molar-refractivity contribution < 1.29 is 14.3 Å². The van der Waals surface area contributed by atoms with Crippen LogP contribution in [-0.2, 0) is 4.74 Å². The molecule has 0 aliphatic rings. The van der Waals surface area contributed by atoms with E-state index >= 15 is 0 Å². The van der Waals surface area contributed by atoms with Crippen LogP contribution >= 0.6 is 0 Å². The molecule has 1 amide bonds. The van der Waals surface area contributed by atoms with Gasteiger partial charge in [-0.05, 0) is 62.4 Å². The van der Waals surface area contributed by atoms with E-state index in [9.17, 15) is 9.59 Å². The zero-order chi connectivity index (χ0) is 19.9. The highest BCUT2D eigenvalue weighted by Gasteiger charge is 2.08. The zero-order valence-electron chi connectivity index (χ0n) is 15.7. The number of nitrogens with one attached hydrogen (secondary N) is 2. The maximum Gasteiger partial charge on any atom is 0.338 e. The lowest BCUT2D eigenvalue weighted by Gasteiger charge is -2.09. The van der Waals surface area contributed by atoms with Crippen molar-refractivity contribution in [2.24, 2.45) is 0 Å². The van der Waals surface area contributed by atoms with Crippen LogP contribution in [0.25, 0.3) is 0 Å². The first kappa shape index (κ1) is 19.1. The summed E-state index contributed by atoms with van der Waals surface area (Å²) in [6.45, 7) is 4.06. The monoisotopic (exact) mass is 375 g/mol. The van der Waals surface area contributed by atoms with E-state index < -0.39 is 0 Å². The Morgan fingerprint density at radius 3 is 2.36 bits per heavy atom. The van der Waals surface area contributed by atoms with Crippen LogP contribution in [0.4, 0.5) is 17.2 Å². The predicted octanol–water partition coefficient (Wildman–Crippen LogP) is 4.56. The summed E-state index contributed by atoms with van der Waals surface area (Å²) in [6, 6.07) is 17.9. The fraction of sp³-hybridized carbons (Fsp3) is 0.136. The van der Waals surface area contributed by atoms with Gasteiger partial charge in [-0.2, -0.15) is 0 Å². The van der Waals surface area contributed by atoms with Crippen molar-refractivity contribution in [1.82, 2.24) is 4.98 Å². The van der Waals surface area contributed by atoms with Gasteiger partial charge in [-0.3, -0.25) is 4.79 Å². The number of rotatable bonds is 6. The Kier molecular flexibility index (Phi) is 6.01. The quantitative estimate of drug-likeness (QED) is 0.617. The number of carbonyl (C=O) groups excluding carboxylic acids is 2. The van der Waals surface area contributed by atoms with Gasteiger partial charge in [-0.25, -0.2) is 9.78 Å². The molecule has 2 N–H and O–H groups in total. The number of hydrogen-bond donors (Lipinski definition) is 2.